The zero-order chi connectivity index (χ0) is 9.84. The summed E-state index contributed by atoms with van der Waals surface area (Å²) in [5.74, 6) is -0.646. The summed E-state index contributed by atoms with van der Waals surface area (Å²) in [6, 6.07) is 3.89. The second-order valence-corrected chi connectivity index (χ2v) is 2.75. The van der Waals surface area contributed by atoms with Crippen LogP contribution in [-0.4, -0.2) is 12.1 Å². The lowest BCUT2D eigenvalue weighted by molar-refractivity contribution is -0.107. The zero-order valence-corrected chi connectivity index (χ0v) is 7.21. The van der Waals surface area contributed by atoms with Crippen molar-refractivity contribution in [1.82, 2.24) is 0 Å². The molecule has 0 aliphatic rings. The third-order valence-electron chi connectivity index (χ3n) is 1.76. The number of aryl methyl sites for hydroxylation is 1. The summed E-state index contributed by atoms with van der Waals surface area (Å²) < 4.78 is 12.6. The van der Waals surface area contributed by atoms with E-state index in [-0.39, 0.29) is 18.0 Å². The smallest absolute Gasteiger partial charge is 0.170 e. The number of halogens is 1. The predicted octanol–water partition coefficient (Wildman–Crippen LogP) is 1.91. The Morgan fingerprint density at radius 2 is 2.23 bits per heavy atom. The fraction of sp³-hybridized carbons (Fsp3) is 0.200. The lowest BCUT2D eigenvalue weighted by Crippen LogP contribution is -2.02. The van der Waals surface area contributed by atoms with Crippen LogP contribution in [0.3, 0.4) is 0 Å². The Kier molecular flexibility index (Phi) is 2.90. The van der Waals surface area contributed by atoms with Crippen LogP contribution in [0.15, 0.2) is 18.2 Å². The van der Waals surface area contributed by atoms with Gasteiger partial charge >= 0.3 is 0 Å². The number of ketones is 1. The third kappa shape index (κ3) is 2.21. The average molecular weight is 180 g/mol. The molecular formula is C10H9FO2. The second-order valence-electron chi connectivity index (χ2n) is 2.75. The molecule has 1 aromatic carbocycles. The van der Waals surface area contributed by atoms with Crippen molar-refractivity contribution in [2.24, 2.45) is 0 Å². The Labute approximate surface area is 75.4 Å². The standard InChI is InChI=1S/C10H9FO2/c1-7-6-8(11)2-3-9(7)10(13)4-5-12/h2-3,5-6H,4H2,1H3. The van der Waals surface area contributed by atoms with E-state index in [4.69, 9.17) is 0 Å². The quantitative estimate of drug-likeness (QED) is 0.404. The minimum atomic E-state index is -0.375. The molecule has 0 amide bonds. The van der Waals surface area contributed by atoms with Crippen molar-refractivity contribution in [2.75, 3.05) is 0 Å². The molecule has 0 saturated heterocycles. The fourth-order valence-electron chi connectivity index (χ4n) is 1.13. The molecule has 0 bridgehead atoms. The van der Waals surface area contributed by atoms with Crippen molar-refractivity contribution in [3.63, 3.8) is 0 Å². The van der Waals surface area contributed by atoms with E-state index in [1.807, 2.05) is 0 Å². The first-order valence-corrected chi connectivity index (χ1v) is 3.88. The zero-order valence-electron chi connectivity index (χ0n) is 7.21. The summed E-state index contributed by atoms with van der Waals surface area (Å²) in [5.41, 5.74) is 0.973. The molecule has 0 aliphatic heterocycles. The Balaban J connectivity index is 3.01. The Bertz CT molecular complexity index is 345. The summed E-state index contributed by atoms with van der Waals surface area (Å²) in [7, 11) is 0. The number of hydrogen-bond acceptors (Lipinski definition) is 2. The number of aldehydes is 1. The van der Waals surface area contributed by atoms with Crippen LogP contribution >= 0.6 is 0 Å². The van der Waals surface area contributed by atoms with Crippen LogP contribution in [0.25, 0.3) is 0 Å². The van der Waals surface area contributed by atoms with Gasteiger partial charge in [0.2, 0.25) is 0 Å². The lowest BCUT2D eigenvalue weighted by Gasteiger charge is -2.01. The van der Waals surface area contributed by atoms with Gasteiger partial charge in [0.05, 0.1) is 6.42 Å². The van der Waals surface area contributed by atoms with Gasteiger partial charge in [0.1, 0.15) is 12.1 Å². The highest BCUT2D eigenvalue weighted by molar-refractivity contribution is 6.03. The summed E-state index contributed by atoms with van der Waals surface area (Å²) in [6.07, 6.45) is 0.400. The van der Waals surface area contributed by atoms with E-state index in [1.54, 1.807) is 6.92 Å². The van der Waals surface area contributed by atoms with Gasteiger partial charge < -0.3 is 4.79 Å². The lowest BCUT2D eigenvalue weighted by atomic mass is 10.0. The molecule has 3 heteroatoms. The summed E-state index contributed by atoms with van der Waals surface area (Å²) in [5, 5.41) is 0. The average Bonchev–Trinajstić information content (AvgIpc) is 2.04. The molecule has 68 valence electrons. The maximum atomic E-state index is 12.6. The first kappa shape index (κ1) is 9.58. The van der Waals surface area contributed by atoms with Gasteiger partial charge in [-0.15, -0.1) is 0 Å². The van der Waals surface area contributed by atoms with Crippen LogP contribution < -0.4 is 0 Å². The fourth-order valence-corrected chi connectivity index (χ4v) is 1.13. The molecule has 2 nitrogen and oxygen atoms in total. The minimum Gasteiger partial charge on any atom is -0.303 e. The molecule has 0 heterocycles. The maximum Gasteiger partial charge on any atom is 0.170 e. The van der Waals surface area contributed by atoms with Crippen molar-refractivity contribution in [3.8, 4) is 0 Å². The van der Waals surface area contributed by atoms with Crippen LogP contribution in [0.2, 0.25) is 0 Å². The van der Waals surface area contributed by atoms with E-state index in [2.05, 4.69) is 0 Å². The van der Waals surface area contributed by atoms with Crippen molar-refractivity contribution < 1.29 is 14.0 Å². The van der Waals surface area contributed by atoms with Crippen LogP contribution in [-0.2, 0) is 4.79 Å². The topological polar surface area (TPSA) is 34.1 Å². The first-order valence-electron chi connectivity index (χ1n) is 3.88. The number of benzene rings is 1. The molecule has 0 spiro atoms. The summed E-state index contributed by atoms with van der Waals surface area (Å²) >= 11 is 0. The normalized spacial score (nSPS) is 9.69. The minimum absolute atomic E-state index is 0.146. The van der Waals surface area contributed by atoms with Crippen LogP contribution in [0, 0.1) is 12.7 Å². The largest absolute Gasteiger partial charge is 0.303 e. The van der Waals surface area contributed by atoms with E-state index < -0.39 is 0 Å². The first-order chi connectivity index (χ1) is 6.15. The van der Waals surface area contributed by atoms with E-state index in [0.717, 1.165) is 0 Å². The SMILES string of the molecule is Cc1cc(F)ccc1C(=O)CC=O. The Hall–Kier alpha value is -1.51. The molecule has 0 radical (unpaired) electrons. The van der Waals surface area contributed by atoms with Gasteiger partial charge in [-0.05, 0) is 30.7 Å². The van der Waals surface area contributed by atoms with Crippen LogP contribution in [0.1, 0.15) is 22.3 Å². The van der Waals surface area contributed by atoms with Crippen molar-refractivity contribution >= 4 is 12.1 Å². The molecule has 0 N–H and O–H groups in total. The van der Waals surface area contributed by atoms with E-state index in [1.165, 1.54) is 18.2 Å². The molecule has 13 heavy (non-hydrogen) atoms. The second kappa shape index (κ2) is 3.94. The monoisotopic (exact) mass is 180 g/mol. The number of carbonyl (C=O) groups is 2. The number of rotatable bonds is 3. The summed E-state index contributed by atoms with van der Waals surface area (Å²) in [6.45, 7) is 1.64. The maximum absolute atomic E-state index is 12.6. The highest BCUT2D eigenvalue weighted by atomic mass is 19.1. The van der Waals surface area contributed by atoms with Gasteiger partial charge in [-0.3, -0.25) is 4.79 Å². The molecule has 0 atom stereocenters. The van der Waals surface area contributed by atoms with Crippen molar-refractivity contribution in [2.45, 2.75) is 13.3 Å². The molecule has 0 aliphatic carbocycles. The molecule has 0 saturated carbocycles. The Morgan fingerprint density at radius 1 is 1.54 bits per heavy atom. The van der Waals surface area contributed by atoms with Gasteiger partial charge in [0.15, 0.2) is 5.78 Å². The van der Waals surface area contributed by atoms with E-state index >= 15 is 0 Å². The molecule has 1 rings (SSSR count). The predicted molar refractivity (Wildman–Crippen MR) is 46.1 cm³/mol. The van der Waals surface area contributed by atoms with Crippen molar-refractivity contribution in [1.29, 1.82) is 0 Å². The van der Waals surface area contributed by atoms with Gasteiger partial charge in [0, 0.05) is 5.56 Å². The molecule has 0 aromatic heterocycles. The van der Waals surface area contributed by atoms with E-state index in [0.29, 0.717) is 17.4 Å². The molecular weight excluding hydrogens is 171 g/mol. The van der Waals surface area contributed by atoms with Crippen LogP contribution in [0.4, 0.5) is 4.39 Å². The number of Topliss-reactive ketones (excluding diaryl/α,β-unsaturated/α-hetero) is 1. The van der Waals surface area contributed by atoms with E-state index in [9.17, 15) is 14.0 Å². The van der Waals surface area contributed by atoms with Gasteiger partial charge in [-0.1, -0.05) is 0 Å². The number of carbonyl (C=O) groups excluding carboxylic acids is 2. The Morgan fingerprint density at radius 3 is 2.77 bits per heavy atom. The highest BCUT2D eigenvalue weighted by Gasteiger charge is 2.08. The van der Waals surface area contributed by atoms with Gasteiger partial charge in [-0.2, -0.15) is 0 Å². The molecule has 0 unspecified atom stereocenters. The molecule has 1 aromatic rings. The van der Waals surface area contributed by atoms with Gasteiger partial charge in [0.25, 0.3) is 0 Å². The van der Waals surface area contributed by atoms with Gasteiger partial charge in [-0.25, -0.2) is 4.39 Å². The number of hydrogen-bond donors (Lipinski definition) is 0. The summed E-state index contributed by atoms with van der Waals surface area (Å²) in [4.78, 5) is 21.3. The third-order valence-corrected chi connectivity index (χ3v) is 1.76. The van der Waals surface area contributed by atoms with Crippen LogP contribution in [0.5, 0.6) is 0 Å². The van der Waals surface area contributed by atoms with Crippen molar-refractivity contribution in [3.05, 3.63) is 35.1 Å². The highest BCUT2D eigenvalue weighted by Crippen LogP contribution is 2.11. The molecule has 0 fully saturated rings.